The normalized spacial score (nSPS) is 17.4. The van der Waals surface area contributed by atoms with E-state index in [1.54, 1.807) is 6.07 Å². The number of carbonyl (C=O) groups excluding carboxylic acids is 1. The fourth-order valence-corrected chi connectivity index (χ4v) is 2.00. The smallest absolute Gasteiger partial charge is 0.242 e. The molecule has 0 saturated carbocycles. The number of amides is 1. The number of carbonyl (C=O) groups is 1. The largest absolute Gasteiger partial charge is 0.373 e. The van der Waals surface area contributed by atoms with Gasteiger partial charge in [-0.25, -0.2) is 4.39 Å². The highest BCUT2D eigenvalue weighted by Gasteiger charge is 2.26. The molecule has 1 aliphatic rings. The monoisotopic (exact) mass is 236 g/mol. The van der Waals surface area contributed by atoms with Crippen molar-refractivity contribution in [3.05, 3.63) is 29.6 Å². The molecule has 0 bridgehead atoms. The Morgan fingerprint density at radius 3 is 3.18 bits per heavy atom. The van der Waals surface area contributed by atoms with E-state index < -0.39 is 0 Å². The molecule has 1 amide bonds. The first-order valence-corrected chi connectivity index (χ1v) is 6.03. The number of benzene rings is 1. The van der Waals surface area contributed by atoms with E-state index in [-0.39, 0.29) is 17.8 Å². The van der Waals surface area contributed by atoms with Crippen molar-refractivity contribution in [1.29, 1.82) is 0 Å². The van der Waals surface area contributed by atoms with Gasteiger partial charge in [-0.15, -0.1) is 0 Å². The van der Waals surface area contributed by atoms with E-state index in [1.807, 2.05) is 0 Å². The minimum absolute atomic E-state index is 0.00458. The number of hydrogen-bond acceptors (Lipinski definition) is 2. The van der Waals surface area contributed by atoms with Gasteiger partial charge >= 0.3 is 0 Å². The lowest BCUT2D eigenvalue weighted by molar-refractivity contribution is -0.121. The minimum atomic E-state index is -0.261. The van der Waals surface area contributed by atoms with Gasteiger partial charge < -0.3 is 10.6 Å². The van der Waals surface area contributed by atoms with Gasteiger partial charge in [0.1, 0.15) is 11.9 Å². The van der Waals surface area contributed by atoms with Crippen LogP contribution in [0.3, 0.4) is 0 Å². The molecule has 3 nitrogen and oxygen atoms in total. The predicted octanol–water partition coefficient (Wildman–Crippen LogP) is 2.08. The van der Waals surface area contributed by atoms with Crippen LogP contribution in [0.2, 0.25) is 0 Å². The SMILES string of the molecule is CCCCNC(=O)[C@@H]1Cc2cc(F)ccc2N1. The van der Waals surface area contributed by atoms with E-state index >= 15 is 0 Å². The third kappa shape index (κ3) is 2.75. The third-order valence-corrected chi connectivity index (χ3v) is 2.97. The van der Waals surface area contributed by atoms with Gasteiger partial charge in [0.25, 0.3) is 0 Å². The molecule has 0 saturated heterocycles. The first-order valence-electron chi connectivity index (χ1n) is 6.03. The summed E-state index contributed by atoms with van der Waals surface area (Å²) in [5.41, 5.74) is 1.74. The molecule has 92 valence electrons. The van der Waals surface area contributed by atoms with Crippen molar-refractivity contribution in [2.45, 2.75) is 32.2 Å². The van der Waals surface area contributed by atoms with Crippen LogP contribution in [0.1, 0.15) is 25.3 Å². The number of rotatable bonds is 4. The molecule has 2 N–H and O–H groups in total. The van der Waals surface area contributed by atoms with Crippen LogP contribution in [0.4, 0.5) is 10.1 Å². The number of hydrogen-bond donors (Lipinski definition) is 2. The first kappa shape index (κ1) is 11.9. The Morgan fingerprint density at radius 1 is 1.59 bits per heavy atom. The van der Waals surface area contributed by atoms with Gasteiger partial charge in [-0.2, -0.15) is 0 Å². The van der Waals surface area contributed by atoms with Crippen molar-refractivity contribution in [3.63, 3.8) is 0 Å². The van der Waals surface area contributed by atoms with E-state index in [9.17, 15) is 9.18 Å². The number of fused-ring (bicyclic) bond motifs is 1. The van der Waals surface area contributed by atoms with E-state index in [1.165, 1.54) is 12.1 Å². The van der Waals surface area contributed by atoms with Crippen LogP contribution >= 0.6 is 0 Å². The summed E-state index contributed by atoms with van der Waals surface area (Å²) >= 11 is 0. The Kier molecular flexibility index (Phi) is 3.61. The fourth-order valence-electron chi connectivity index (χ4n) is 2.00. The molecular formula is C13H17FN2O. The predicted molar refractivity (Wildman–Crippen MR) is 65.4 cm³/mol. The fraction of sp³-hybridized carbons (Fsp3) is 0.462. The van der Waals surface area contributed by atoms with Crippen LogP contribution in [0, 0.1) is 5.82 Å². The maximum Gasteiger partial charge on any atom is 0.242 e. The van der Waals surface area contributed by atoms with Crippen LogP contribution in [0.5, 0.6) is 0 Å². The quantitative estimate of drug-likeness (QED) is 0.786. The highest BCUT2D eigenvalue weighted by atomic mass is 19.1. The molecule has 1 aromatic carbocycles. The van der Waals surface area contributed by atoms with Crippen molar-refractivity contribution in [2.75, 3.05) is 11.9 Å². The topological polar surface area (TPSA) is 41.1 Å². The molecule has 0 aromatic heterocycles. The standard InChI is InChI=1S/C13H17FN2O/c1-2-3-6-15-13(17)12-8-9-7-10(14)4-5-11(9)16-12/h4-5,7,12,16H,2-3,6,8H2,1H3,(H,15,17)/t12-/m0/s1. The van der Waals surface area contributed by atoms with Crippen molar-refractivity contribution in [1.82, 2.24) is 5.32 Å². The molecule has 0 fully saturated rings. The second-order valence-corrected chi connectivity index (χ2v) is 4.35. The highest BCUT2D eigenvalue weighted by molar-refractivity contribution is 5.87. The molecule has 0 spiro atoms. The molecule has 4 heteroatoms. The van der Waals surface area contributed by atoms with Crippen molar-refractivity contribution < 1.29 is 9.18 Å². The van der Waals surface area contributed by atoms with Crippen molar-refractivity contribution in [3.8, 4) is 0 Å². The van der Waals surface area contributed by atoms with Crippen LogP contribution in [-0.4, -0.2) is 18.5 Å². The van der Waals surface area contributed by atoms with Gasteiger partial charge in [-0.1, -0.05) is 13.3 Å². The average molecular weight is 236 g/mol. The second kappa shape index (κ2) is 5.17. The maximum atomic E-state index is 13.0. The second-order valence-electron chi connectivity index (χ2n) is 4.35. The Bertz CT molecular complexity index is 420. The molecular weight excluding hydrogens is 219 g/mol. The molecule has 0 aliphatic carbocycles. The van der Waals surface area contributed by atoms with Crippen LogP contribution in [0.25, 0.3) is 0 Å². The molecule has 1 atom stereocenters. The van der Waals surface area contributed by atoms with Gasteiger partial charge in [0, 0.05) is 18.7 Å². The summed E-state index contributed by atoms with van der Waals surface area (Å²) in [5, 5.41) is 5.99. The van der Waals surface area contributed by atoms with Gasteiger partial charge in [0.05, 0.1) is 0 Å². The van der Waals surface area contributed by atoms with E-state index in [2.05, 4.69) is 17.6 Å². The summed E-state index contributed by atoms with van der Waals surface area (Å²) in [6, 6.07) is 4.32. The highest BCUT2D eigenvalue weighted by Crippen LogP contribution is 2.26. The third-order valence-electron chi connectivity index (χ3n) is 2.97. The summed E-state index contributed by atoms with van der Waals surface area (Å²) in [6.07, 6.45) is 2.61. The minimum Gasteiger partial charge on any atom is -0.373 e. The zero-order valence-corrected chi connectivity index (χ0v) is 9.92. The van der Waals surface area contributed by atoms with Crippen molar-refractivity contribution in [2.24, 2.45) is 0 Å². The summed E-state index contributed by atoms with van der Waals surface area (Å²) in [7, 11) is 0. The Morgan fingerprint density at radius 2 is 2.41 bits per heavy atom. The Balaban J connectivity index is 1.93. The molecule has 1 aromatic rings. The first-order chi connectivity index (χ1) is 8.20. The molecule has 17 heavy (non-hydrogen) atoms. The molecule has 2 rings (SSSR count). The summed E-state index contributed by atoms with van der Waals surface area (Å²) in [6.45, 7) is 2.79. The van der Waals surface area contributed by atoms with Crippen LogP contribution in [0.15, 0.2) is 18.2 Å². The summed E-state index contributed by atoms with van der Waals surface area (Å²) < 4.78 is 13.0. The lowest BCUT2D eigenvalue weighted by Gasteiger charge is -2.11. The summed E-state index contributed by atoms with van der Waals surface area (Å²) in [5.74, 6) is -0.257. The Labute approximate surface area is 100 Å². The van der Waals surface area contributed by atoms with E-state index in [0.29, 0.717) is 13.0 Å². The van der Waals surface area contributed by atoms with Gasteiger partial charge in [-0.05, 0) is 30.2 Å². The number of anilines is 1. The average Bonchev–Trinajstić information content (AvgIpc) is 2.72. The molecule has 1 heterocycles. The molecule has 1 aliphatic heterocycles. The number of nitrogens with one attached hydrogen (secondary N) is 2. The zero-order valence-electron chi connectivity index (χ0n) is 9.92. The van der Waals surface area contributed by atoms with Crippen LogP contribution in [-0.2, 0) is 11.2 Å². The van der Waals surface area contributed by atoms with Gasteiger partial charge in [0.15, 0.2) is 0 Å². The zero-order chi connectivity index (χ0) is 12.3. The lowest BCUT2D eigenvalue weighted by atomic mass is 10.1. The van der Waals surface area contributed by atoms with Gasteiger partial charge in [-0.3, -0.25) is 4.79 Å². The summed E-state index contributed by atoms with van der Waals surface area (Å²) in [4.78, 5) is 11.8. The van der Waals surface area contributed by atoms with Crippen LogP contribution < -0.4 is 10.6 Å². The number of halogens is 1. The number of unbranched alkanes of at least 4 members (excludes halogenated alkanes) is 1. The Hall–Kier alpha value is -1.58. The van der Waals surface area contributed by atoms with E-state index in [4.69, 9.17) is 0 Å². The maximum absolute atomic E-state index is 13.0. The molecule has 0 unspecified atom stereocenters. The molecule has 0 radical (unpaired) electrons. The van der Waals surface area contributed by atoms with Crippen molar-refractivity contribution >= 4 is 11.6 Å². The van der Waals surface area contributed by atoms with E-state index in [0.717, 1.165) is 24.1 Å². The van der Waals surface area contributed by atoms with Gasteiger partial charge in [0.2, 0.25) is 5.91 Å². The lowest BCUT2D eigenvalue weighted by Crippen LogP contribution is -2.38.